The number of para-hydroxylation sites is 1. The lowest BCUT2D eigenvalue weighted by Gasteiger charge is -2.17. The molecule has 1 aliphatic rings. The molecule has 4 rings (SSSR count). The van der Waals surface area contributed by atoms with Crippen LogP contribution in [0.1, 0.15) is 12.5 Å². The summed E-state index contributed by atoms with van der Waals surface area (Å²) in [5.41, 5.74) is 2.21. The number of thioether (sulfide) groups is 1. The van der Waals surface area contributed by atoms with Gasteiger partial charge in [-0.05, 0) is 60.5 Å². The van der Waals surface area contributed by atoms with E-state index in [0.29, 0.717) is 10.0 Å². The van der Waals surface area contributed by atoms with Crippen LogP contribution in [0.25, 0.3) is 0 Å². The fourth-order valence-corrected chi connectivity index (χ4v) is 4.72. The average Bonchev–Trinajstić information content (AvgIpc) is 3.01. The number of anilines is 2. The zero-order chi connectivity index (χ0) is 22.8. The molecule has 0 aliphatic carbocycles. The second-order valence-electron chi connectivity index (χ2n) is 6.94. The molecular weight excluding hydrogens is 487 g/mol. The highest BCUT2D eigenvalue weighted by Crippen LogP contribution is 2.41. The SMILES string of the molecule is CCc1ccccc1NC1=C(Sc2ccc(Cl)cc2)C(=O)N(c2cc(Cl)ccc2Cl)C1=O. The van der Waals surface area contributed by atoms with Crippen molar-refractivity contribution in [2.24, 2.45) is 0 Å². The molecule has 32 heavy (non-hydrogen) atoms. The van der Waals surface area contributed by atoms with Crippen LogP contribution in [0.2, 0.25) is 15.1 Å². The molecule has 0 bridgehead atoms. The molecule has 0 saturated heterocycles. The van der Waals surface area contributed by atoms with Crippen LogP contribution in [-0.2, 0) is 16.0 Å². The predicted molar refractivity (Wildman–Crippen MR) is 133 cm³/mol. The fraction of sp³-hybridized carbons (Fsp3) is 0.0833. The average molecular weight is 504 g/mol. The Labute approximate surface area is 205 Å². The van der Waals surface area contributed by atoms with Crippen LogP contribution in [-0.4, -0.2) is 11.8 Å². The topological polar surface area (TPSA) is 49.4 Å². The molecule has 8 heteroatoms. The van der Waals surface area contributed by atoms with Crippen molar-refractivity contribution in [3.8, 4) is 0 Å². The van der Waals surface area contributed by atoms with E-state index in [1.165, 1.54) is 17.8 Å². The number of hydrogen-bond acceptors (Lipinski definition) is 4. The Morgan fingerprint density at radius 2 is 1.56 bits per heavy atom. The molecule has 2 amide bonds. The van der Waals surface area contributed by atoms with Crippen molar-refractivity contribution < 1.29 is 9.59 Å². The number of amides is 2. The maximum atomic E-state index is 13.5. The summed E-state index contributed by atoms with van der Waals surface area (Å²) in [6.07, 6.45) is 0.766. The lowest BCUT2D eigenvalue weighted by molar-refractivity contribution is -0.120. The first-order chi connectivity index (χ1) is 15.4. The van der Waals surface area contributed by atoms with Gasteiger partial charge < -0.3 is 5.32 Å². The maximum absolute atomic E-state index is 13.5. The van der Waals surface area contributed by atoms with E-state index in [1.807, 2.05) is 31.2 Å². The van der Waals surface area contributed by atoms with Gasteiger partial charge in [0.05, 0.1) is 10.7 Å². The Morgan fingerprint density at radius 1 is 0.875 bits per heavy atom. The minimum Gasteiger partial charge on any atom is -0.350 e. The first kappa shape index (κ1) is 22.7. The summed E-state index contributed by atoms with van der Waals surface area (Å²) in [7, 11) is 0. The van der Waals surface area contributed by atoms with Crippen LogP contribution in [0.5, 0.6) is 0 Å². The van der Waals surface area contributed by atoms with Gasteiger partial charge in [-0.1, -0.05) is 71.7 Å². The third-order valence-electron chi connectivity index (χ3n) is 4.88. The van der Waals surface area contributed by atoms with Gasteiger partial charge in [0.25, 0.3) is 11.8 Å². The third kappa shape index (κ3) is 4.52. The molecule has 4 nitrogen and oxygen atoms in total. The Morgan fingerprint density at radius 3 is 2.28 bits per heavy atom. The summed E-state index contributed by atoms with van der Waals surface area (Å²) >= 11 is 19.6. The number of nitrogens with one attached hydrogen (secondary N) is 1. The fourth-order valence-electron chi connectivity index (χ4n) is 3.30. The van der Waals surface area contributed by atoms with Crippen molar-refractivity contribution in [3.05, 3.63) is 98.0 Å². The number of rotatable bonds is 6. The van der Waals surface area contributed by atoms with E-state index in [0.717, 1.165) is 27.5 Å². The number of hydrogen-bond donors (Lipinski definition) is 1. The number of halogens is 3. The van der Waals surface area contributed by atoms with Gasteiger partial charge >= 0.3 is 0 Å². The standard InChI is InChI=1S/C24H17Cl3N2O2S/c1-2-14-5-3-4-6-19(14)28-21-22(32-17-10-7-15(25)8-11-17)24(31)29(23(21)30)20-13-16(26)9-12-18(20)27/h3-13,28H,2H2,1H3. The van der Waals surface area contributed by atoms with Crippen molar-refractivity contribution in [3.63, 3.8) is 0 Å². The minimum atomic E-state index is -0.499. The van der Waals surface area contributed by atoms with Crippen LogP contribution < -0.4 is 10.2 Å². The Kier molecular flexibility index (Phi) is 6.82. The van der Waals surface area contributed by atoms with E-state index < -0.39 is 11.8 Å². The van der Waals surface area contributed by atoms with Crippen molar-refractivity contribution in [1.29, 1.82) is 0 Å². The molecule has 3 aromatic carbocycles. The van der Waals surface area contributed by atoms with E-state index in [1.54, 1.807) is 36.4 Å². The van der Waals surface area contributed by atoms with E-state index in [4.69, 9.17) is 34.8 Å². The lowest BCUT2D eigenvalue weighted by Crippen LogP contribution is -2.32. The van der Waals surface area contributed by atoms with E-state index in [2.05, 4.69) is 5.32 Å². The van der Waals surface area contributed by atoms with Crippen LogP contribution in [0.4, 0.5) is 11.4 Å². The summed E-state index contributed by atoms with van der Waals surface area (Å²) in [5.74, 6) is -0.975. The molecule has 0 spiro atoms. The van der Waals surface area contributed by atoms with Gasteiger partial charge in [0.2, 0.25) is 0 Å². The van der Waals surface area contributed by atoms with Gasteiger partial charge in [-0.25, -0.2) is 4.90 Å². The van der Waals surface area contributed by atoms with Gasteiger partial charge in [0.15, 0.2) is 0 Å². The van der Waals surface area contributed by atoms with Crippen LogP contribution in [0.3, 0.4) is 0 Å². The summed E-state index contributed by atoms with van der Waals surface area (Å²) in [4.78, 5) is 29.0. The summed E-state index contributed by atoms with van der Waals surface area (Å²) in [6.45, 7) is 2.03. The number of carbonyl (C=O) groups excluding carboxylic acids is 2. The lowest BCUT2D eigenvalue weighted by atomic mass is 10.1. The highest BCUT2D eigenvalue weighted by Gasteiger charge is 2.41. The quantitative estimate of drug-likeness (QED) is 0.361. The van der Waals surface area contributed by atoms with Crippen LogP contribution in [0.15, 0.2) is 82.2 Å². The zero-order valence-electron chi connectivity index (χ0n) is 16.9. The molecule has 162 valence electrons. The monoisotopic (exact) mass is 502 g/mol. The van der Waals surface area contributed by atoms with Gasteiger partial charge in [0.1, 0.15) is 10.6 Å². The van der Waals surface area contributed by atoms with Crippen molar-refractivity contribution in [2.75, 3.05) is 10.2 Å². The minimum absolute atomic E-state index is 0.187. The molecule has 0 fully saturated rings. The normalized spacial score (nSPS) is 13.8. The van der Waals surface area contributed by atoms with Crippen molar-refractivity contribution in [1.82, 2.24) is 0 Å². The molecule has 0 atom stereocenters. The zero-order valence-corrected chi connectivity index (χ0v) is 19.9. The molecule has 1 aliphatic heterocycles. The largest absolute Gasteiger partial charge is 0.350 e. The van der Waals surface area contributed by atoms with E-state index in [-0.39, 0.29) is 21.3 Å². The number of benzene rings is 3. The third-order valence-corrected chi connectivity index (χ3v) is 6.78. The Balaban J connectivity index is 1.79. The summed E-state index contributed by atoms with van der Waals surface area (Å²) in [6, 6.07) is 19.4. The molecule has 0 saturated carbocycles. The highest BCUT2D eigenvalue weighted by atomic mass is 35.5. The summed E-state index contributed by atoms with van der Waals surface area (Å²) in [5, 5.41) is 4.41. The molecule has 0 aromatic heterocycles. The maximum Gasteiger partial charge on any atom is 0.283 e. The van der Waals surface area contributed by atoms with Crippen molar-refractivity contribution >= 4 is 69.8 Å². The first-order valence-electron chi connectivity index (χ1n) is 9.75. The molecule has 0 unspecified atom stereocenters. The first-order valence-corrected chi connectivity index (χ1v) is 11.7. The molecule has 1 heterocycles. The summed E-state index contributed by atoms with van der Waals surface area (Å²) < 4.78 is 0. The van der Waals surface area contributed by atoms with Gasteiger partial charge in [-0.2, -0.15) is 0 Å². The van der Waals surface area contributed by atoms with E-state index >= 15 is 0 Å². The second kappa shape index (κ2) is 9.59. The Hall–Kier alpha value is -2.44. The second-order valence-corrected chi connectivity index (χ2v) is 9.30. The number of imide groups is 1. The predicted octanol–water partition coefficient (Wildman–Crippen LogP) is 7.20. The van der Waals surface area contributed by atoms with Crippen molar-refractivity contribution in [2.45, 2.75) is 18.2 Å². The molecule has 1 N–H and O–H groups in total. The van der Waals surface area contributed by atoms with Crippen LogP contribution in [0, 0.1) is 0 Å². The van der Waals surface area contributed by atoms with Gasteiger partial charge in [-0.3, -0.25) is 9.59 Å². The molecular formula is C24H17Cl3N2O2S. The number of aryl methyl sites for hydroxylation is 1. The van der Waals surface area contributed by atoms with Gasteiger partial charge in [-0.15, -0.1) is 0 Å². The molecule has 0 radical (unpaired) electrons. The molecule has 3 aromatic rings. The highest BCUT2D eigenvalue weighted by molar-refractivity contribution is 8.04. The number of nitrogens with zero attached hydrogens (tertiary/aromatic N) is 1. The number of carbonyl (C=O) groups is 2. The van der Waals surface area contributed by atoms with Crippen LogP contribution >= 0.6 is 46.6 Å². The van der Waals surface area contributed by atoms with E-state index in [9.17, 15) is 9.59 Å². The smallest absolute Gasteiger partial charge is 0.283 e. The Bertz CT molecular complexity index is 1240. The van der Waals surface area contributed by atoms with Gasteiger partial charge in [0, 0.05) is 20.6 Å².